The number of benzene rings is 2. The molecule has 4 rings (SSSR count). The van der Waals surface area contributed by atoms with E-state index in [1.807, 2.05) is 60.7 Å². The standard InChI is InChI=1S/C27H30N6O4S/c1-37-27(36)33-21(20(16-9-4-2-5-10-16)17-11-6-3-7-12-17)25(35)32-22(23(34)18-13-8-14-30-18)26-31-19(15-38-26)24(28)29/h2-7,9-12,15,18,20-22,30H,8,13-14H2,1H3,(H3,28,29)(H,32,35)(H,33,36)/t18-,21+,22?/m0/s1. The molecule has 3 aromatic rings. The highest BCUT2D eigenvalue weighted by atomic mass is 32.1. The molecule has 1 fully saturated rings. The highest BCUT2D eigenvalue weighted by Crippen LogP contribution is 2.30. The van der Waals surface area contributed by atoms with Gasteiger partial charge < -0.3 is 26.4 Å². The number of carbonyl (C=O) groups excluding carboxylic acids is 3. The summed E-state index contributed by atoms with van der Waals surface area (Å²) in [5.74, 6) is -1.64. The summed E-state index contributed by atoms with van der Waals surface area (Å²) in [6, 6.07) is 16.0. The van der Waals surface area contributed by atoms with Gasteiger partial charge in [-0.3, -0.25) is 15.0 Å². The summed E-state index contributed by atoms with van der Waals surface area (Å²) in [6.07, 6.45) is 0.691. The number of nitrogens with zero attached hydrogens (tertiary/aromatic N) is 1. The Hall–Kier alpha value is -4.09. The van der Waals surface area contributed by atoms with Crippen LogP contribution in [0.3, 0.4) is 0 Å². The second kappa shape index (κ2) is 12.4. The molecule has 38 heavy (non-hydrogen) atoms. The zero-order valence-corrected chi connectivity index (χ0v) is 21.7. The SMILES string of the molecule is COC(=O)N[C@@H](C(=O)NC(C(=O)[C@@H]1CCCN1)c1nc(C(=N)N)cs1)C(c1ccccc1)c1ccccc1. The summed E-state index contributed by atoms with van der Waals surface area (Å²) >= 11 is 1.14. The first-order chi connectivity index (χ1) is 18.4. The Morgan fingerprint density at radius 1 is 1.08 bits per heavy atom. The molecule has 198 valence electrons. The third kappa shape index (κ3) is 6.24. The van der Waals surface area contributed by atoms with Crippen molar-refractivity contribution in [1.29, 1.82) is 5.41 Å². The molecule has 0 bridgehead atoms. The number of amides is 2. The quantitative estimate of drug-likeness (QED) is 0.197. The topological polar surface area (TPSA) is 159 Å². The minimum absolute atomic E-state index is 0.229. The van der Waals surface area contributed by atoms with E-state index in [1.165, 1.54) is 7.11 Å². The molecular formula is C27H30N6O4S. The first-order valence-corrected chi connectivity index (χ1v) is 13.1. The number of amidine groups is 1. The summed E-state index contributed by atoms with van der Waals surface area (Å²) in [5, 5.41) is 18.3. The van der Waals surface area contributed by atoms with Crippen molar-refractivity contribution in [1.82, 2.24) is 20.9 Å². The first-order valence-electron chi connectivity index (χ1n) is 12.2. The van der Waals surface area contributed by atoms with Crippen LogP contribution in [0.4, 0.5) is 4.79 Å². The number of ketones is 1. The van der Waals surface area contributed by atoms with Gasteiger partial charge in [0.15, 0.2) is 5.78 Å². The maximum absolute atomic E-state index is 14.0. The Bertz CT molecular complexity index is 1240. The van der Waals surface area contributed by atoms with E-state index < -0.39 is 36.0 Å². The lowest BCUT2D eigenvalue weighted by Crippen LogP contribution is -2.53. The van der Waals surface area contributed by atoms with E-state index in [4.69, 9.17) is 15.9 Å². The molecule has 2 heterocycles. The number of rotatable bonds is 10. The average molecular weight is 535 g/mol. The Morgan fingerprint density at radius 3 is 2.21 bits per heavy atom. The summed E-state index contributed by atoms with van der Waals surface area (Å²) in [6.45, 7) is 0.699. The van der Waals surface area contributed by atoms with Gasteiger partial charge in [-0.2, -0.15) is 0 Å². The van der Waals surface area contributed by atoms with Crippen LogP contribution >= 0.6 is 11.3 Å². The monoisotopic (exact) mass is 534 g/mol. The summed E-state index contributed by atoms with van der Waals surface area (Å²) in [7, 11) is 1.22. The van der Waals surface area contributed by atoms with Gasteiger partial charge >= 0.3 is 6.09 Å². The van der Waals surface area contributed by atoms with Crippen LogP contribution in [-0.2, 0) is 14.3 Å². The Labute approximate surface area is 224 Å². The molecule has 1 aromatic heterocycles. The maximum atomic E-state index is 14.0. The van der Waals surface area contributed by atoms with Gasteiger partial charge in [-0.25, -0.2) is 9.78 Å². The van der Waals surface area contributed by atoms with Crippen molar-refractivity contribution in [3.8, 4) is 0 Å². The van der Waals surface area contributed by atoms with E-state index in [1.54, 1.807) is 5.38 Å². The molecule has 2 aromatic carbocycles. The molecule has 1 saturated heterocycles. The Morgan fingerprint density at radius 2 is 1.71 bits per heavy atom. The molecule has 2 amide bonds. The molecule has 1 aliphatic heterocycles. The number of nitrogens with one attached hydrogen (secondary N) is 4. The van der Waals surface area contributed by atoms with Crippen molar-refractivity contribution in [3.05, 3.63) is 87.9 Å². The fraction of sp³-hybridized carbons (Fsp3) is 0.296. The van der Waals surface area contributed by atoms with Crippen molar-refractivity contribution in [2.24, 2.45) is 5.73 Å². The van der Waals surface area contributed by atoms with Gasteiger partial charge in [-0.05, 0) is 30.5 Å². The Kier molecular flexibility index (Phi) is 8.82. The molecule has 0 radical (unpaired) electrons. The fourth-order valence-corrected chi connectivity index (χ4v) is 5.42. The fourth-order valence-electron chi connectivity index (χ4n) is 4.54. The van der Waals surface area contributed by atoms with Crippen LogP contribution in [0.2, 0.25) is 0 Å². The number of carbonyl (C=O) groups is 3. The highest BCUT2D eigenvalue weighted by Gasteiger charge is 2.38. The highest BCUT2D eigenvalue weighted by molar-refractivity contribution is 7.10. The lowest BCUT2D eigenvalue weighted by Gasteiger charge is -2.29. The van der Waals surface area contributed by atoms with Gasteiger partial charge in [-0.15, -0.1) is 11.3 Å². The Balaban J connectivity index is 1.73. The minimum atomic E-state index is -1.12. The van der Waals surface area contributed by atoms with E-state index in [-0.39, 0.29) is 17.3 Å². The minimum Gasteiger partial charge on any atom is -0.453 e. The van der Waals surface area contributed by atoms with Crippen LogP contribution in [0.15, 0.2) is 66.0 Å². The predicted molar refractivity (Wildman–Crippen MR) is 144 cm³/mol. The molecular weight excluding hydrogens is 504 g/mol. The number of thiazole rings is 1. The lowest BCUT2D eigenvalue weighted by molar-refractivity contribution is -0.130. The third-order valence-corrected chi connectivity index (χ3v) is 7.32. The smallest absolute Gasteiger partial charge is 0.407 e. The number of nitrogens with two attached hydrogens (primary N) is 1. The van der Waals surface area contributed by atoms with Gasteiger partial charge in [0, 0.05) is 11.3 Å². The lowest BCUT2D eigenvalue weighted by atomic mass is 9.84. The van der Waals surface area contributed by atoms with E-state index in [9.17, 15) is 14.4 Å². The third-order valence-electron chi connectivity index (χ3n) is 6.41. The molecule has 3 atom stereocenters. The average Bonchev–Trinajstić information content (AvgIpc) is 3.65. The zero-order chi connectivity index (χ0) is 27.1. The van der Waals surface area contributed by atoms with Crippen LogP contribution in [0.1, 0.15) is 46.6 Å². The second-order valence-electron chi connectivity index (χ2n) is 8.89. The molecule has 0 spiro atoms. The van der Waals surface area contributed by atoms with Crippen molar-refractivity contribution in [2.75, 3.05) is 13.7 Å². The summed E-state index contributed by atoms with van der Waals surface area (Å²) in [5.41, 5.74) is 7.41. The van der Waals surface area contributed by atoms with Gasteiger partial charge in [0.05, 0.1) is 13.2 Å². The number of Topliss-reactive ketones (excluding diaryl/α,β-unsaturated/α-hetero) is 1. The van der Waals surface area contributed by atoms with Gasteiger partial charge in [-0.1, -0.05) is 60.7 Å². The first kappa shape index (κ1) is 27.0. The number of ether oxygens (including phenoxy) is 1. The molecule has 6 N–H and O–H groups in total. The molecule has 11 heteroatoms. The molecule has 1 aliphatic rings. The van der Waals surface area contributed by atoms with Gasteiger partial charge in [0.25, 0.3) is 0 Å². The molecule has 10 nitrogen and oxygen atoms in total. The predicted octanol–water partition coefficient (Wildman–Crippen LogP) is 2.46. The van der Waals surface area contributed by atoms with Crippen molar-refractivity contribution in [3.63, 3.8) is 0 Å². The largest absolute Gasteiger partial charge is 0.453 e. The number of methoxy groups -OCH3 is 1. The van der Waals surface area contributed by atoms with Crippen LogP contribution < -0.4 is 21.7 Å². The molecule has 0 saturated carbocycles. The van der Waals surface area contributed by atoms with Crippen LogP contribution in [0, 0.1) is 5.41 Å². The van der Waals surface area contributed by atoms with E-state index >= 15 is 0 Å². The normalized spacial score (nSPS) is 16.4. The number of hydrogen-bond donors (Lipinski definition) is 5. The number of nitrogen functional groups attached to an aromatic ring is 1. The number of aromatic nitrogens is 1. The van der Waals surface area contributed by atoms with Crippen LogP contribution in [0.5, 0.6) is 0 Å². The van der Waals surface area contributed by atoms with Crippen LogP contribution in [-0.4, -0.2) is 54.3 Å². The number of hydrogen-bond acceptors (Lipinski definition) is 8. The van der Waals surface area contributed by atoms with Crippen molar-refractivity contribution in [2.45, 2.75) is 36.9 Å². The molecule has 0 aliphatic carbocycles. The summed E-state index contributed by atoms with van der Waals surface area (Å²) < 4.78 is 4.85. The van der Waals surface area contributed by atoms with Gasteiger partial charge in [0.1, 0.15) is 28.6 Å². The van der Waals surface area contributed by atoms with Crippen LogP contribution in [0.25, 0.3) is 0 Å². The van der Waals surface area contributed by atoms with Gasteiger partial charge in [0.2, 0.25) is 5.91 Å². The van der Waals surface area contributed by atoms with Crippen molar-refractivity contribution < 1.29 is 19.1 Å². The number of alkyl carbamates (subject to hydrolysis) is 1. The van der Waals surface area contributed by atoms with Crippen molar-refractivity contribution >= 4 is 35.0 Å². The maximum Gasteiger partial charge on any atom is 0.407 e. The second-order valence-corrected chi connectivity index (χ2v) is 9.78. The zero-order valence-electron chi connectivity index (χ0n) is 20.8. The van der Waals surface area contributed by atoms with E-state index in [0.717, 1.165) is 28.9 Å². The van der Waals surface area contributed by atoms with E-state index in [0.29, 0.717) is 18.0 Å². The molecule has 1 unspecified atom stereocenters. The van der Waals surface area contributed by atoms with E-state index in [2.05, 4.69) is 20.9 Å². The summed E-state index contributed by atoms with van der Waals surface area (Å²) in [4.78, 5) is 44.3.